The first kappa shape index (κ1) is 14.7. The van der Waals surface area contributed by atoms with E-state index in [1.807, 2.05) is 13.0 Å². The van der Waals surface area contributed by atoms with Gasteiger partial charge in [-0.2, -0.15) is 0 Å². The lowest BCUT2D eigenvalue weighted by atomic mass is 10.1. The molecule has 6 heteroatoms. The third-order valence-corrected chi connectivity index (χ3v) is 4.24. The van der Waals surface area contributed by atoms with Crippen LogP contribution in [-0.2, 0) is 10.0 Å². The van der Waals surface area contributed by atoms with E-state index in [1.54, 1.807) is 17.9 Å². The van der Waals surface area contributed by atoms with Gasteiger partial charge in [0.2, 0.25) is 10.0 Å². The van der Waals surface area contributed by atoms with Gasteiger partial charge in [0, 0.05) is 18.7 Å². The maximum Gasteiger partial charge on any atom is 0.254 e. The van der Waals surface area contributed by atoms with E-state index in [9.17, 15) is 13.2 Å². The van der Waals surface area contributed by atoms with Crippen LogP contribution in [0.5, 0.6) is 0 Å². The average Bonchev–Trinajstić information content (AvgIpc) is 2.37. The Morgan fingerprint density at radius 1 is 1.25 bits per heavy atom. The number of carbonyl (C=O) groups excluding carboxylic acids is 1. The molecular formula is C14H18N2O3S. The van der Waals surface area contributed by atoms with E-state index < -0.39 is 10.0 Å². The largest absolute Gasteiger partial charge is 0.335 e. The summed E-state index contributed by atoms with van der Waals surface area (Å²) in [4.78, 5) is 14.1. The van der Waals surface area contributed by atoms with Crippen LogP contribution in [0.25, 0.3) is 0 Å². The summed E-state index contributed by atoms with van der Waals surface area (Å²) < 4.78 is 22.8. The smallest absolute Gasteiger partial charge is 0.254 e. The Balaban J connectivity index is 2.33. The number of primary sulfonamides is 1. The Labute approximate surface area is 119 Å². The molecule has 0 saturated carbocycles. The highest BCUT2D eigenvalue weighted by Crippen LogP contribution is 2.18. The third-order valence-electron chi connectivity index (χ3n) is 3.35. The first-order valence-corrected chi connectivity index (χ1v) is 7.91. The molecule has 0 fully saturated rings. The van der Waals surface area contributed by atoms with E-state index in [1.165, 1.54) is 17.7 Å². The molecule has 0 aromatic heterocycles. The van der Waals surface area contributed by atoms with Crippen molar-refractivity contribution in [2.75, 3.05) is 13.1 Å². The van der Waals surface area contributed by atoms with Gasteiger partial charge in [0.1, 0.15) is 0 Å². The van der Waals surface area contributed by atoms with Crippen molar-refractivity contribution in [2.24, 2.45) is 5.14 Å². The van der Waals surface area contributed by atoms with E-state index in [0.717, 1.165) is 6.42 Å². The van der Waals surface area contributed by atoms with Gasteiger partial charge in [0.15, 0.2) is 0 Å². The second-order valence-corrected chi connectivity index (χ2v) is 6.69. The maximum absolute atomic E-state index is 12.4. The molecule has 1 heterocycles. The first-order valence-electron chi connectivity index (χ1n) is 6.37. The van der Waals surface area contributed by atoms with Crippen LogP contribution in [0.1, 0.15) is 29.3 Å². The summed E-state index contributed by atoms with van der Waals surface area (Å²) >= 11 is 0. The second kappa shape index (κ2) is 5.38. The number of hydrogen-bond acceptors (Lipinski definition) is 3. The zero-order chi connectivity index (χ0) is 14.9. The van der Waals surface area contributed by atoms with Crippen LogP contribution < -0.4 is 5.14 Å². The van der Waals surface area contributed by atoms with Crippen molar-refractivity contribution >= 4 is 15.9 Å². The SMILES string of the molecule is CC1=CCN(C(=O)c2cc(C)cc(S(N)(=O)=O)c2)CC1. The highest BCUT2D eigenvalue weighted by atomic mass is 32.2. The van der Waals surface area contributed by atoms with Crippen LogP contribution in [0, 0.1) is 6.92 Å². The van der Waals surface area contributed by atoms with Gasteiger partial charge in [-0.1, -0.05) is 11.6 Å². The lowest BCUT2D eigenvalue weighted by Crippen LogP contribution is -2.34. The Kier molecular flexibility index (Phi) is 3.96. The highest BCUT2D eigenvalue weighted by molar-refractivity contribution is 7.89. The van der Waals surface area contributed by atoms with Gasteiger partial charge in [-0.25, -0.2) is 13.6 Å². The topological polar surface area (TPSA) is 80.5 Å². The number of benzene rings is 1. The van der Waals surface area contributed by atoms with E-state index >= 15 is 0 Å². The molecule has 20 heavy (non-hydrogen) atoms. The number of sulfonamides is 1. The van der Waals surface area contributed by atoms with Gasteiger partial charge < -0.3 is 4.90 Å². The van der Waals surface area contributed by atoms with Crippen LogP contribution in [0.15, 0.2) is 34.7 Å². The van der Waals surface area contributed by atoms with Gasteiger partial charge >= 0.3 is 0 Å². The minimum Gasteiger partial charge on any atom is -0.335 e. The molecule has 0 radical (unpaired) electrons. The van der Waals surface area contributed by atoms with Gasteiger partial charge in [-0.3, -0.25) is 4.79 Å². The number of aryl methyl sites for hydroxylation is 1. The van der Waals surface area contributed by atoms with Crippen LogP contribution in [0.4, 0.5) is 0 Å². The summed E-state index contributed by atoms with van der Waals surface area (Å²) in [7, 11) is -3.80. The molecule has 0 bridgehead atoms. The van der Waals surface area contributed by atoms with Gasteiger partial charge in [-0.15, -0.1) is 0 Å². The average molecular weight is 294 g/mol. The Morgan fingerprint density at radius 2 is 1.95 bits per heavy atom. The zero-order valence-corrected chi connectivity index (χ0v) is 12.4. The van der Waals surface area contributed by atoms with Crippen molar-refractivity contribution in [1.29, 1.82) is 0 Å². The number of rotatable bonds is 2. The first-order chi connectivity index (χ1) is 9.27. The van der Waals surface area contributed by atoms with Crippen LogP contribution in [0.2, 0.25) is 0 Å². The van der Waals surface area contributed by atoms with E-state index in [-0.39, 0.29) is 10.8 Å². The molecule has 1 amide bonds. The summed E-state index contributed by atoms with van der Waals surface area (Å²) in [6.45, 7) is 4.99. The zero-order valence-electron chi connectivity index (χ0n) is 11.6. The number of hydrogen-bond donors (Lipinski definition) is 1. The van der Waals surface area contributed by atoms with Crippen molar-refractivity contribution in [3.8, 4) is 0 Å². The number of nitrogens with two attached hydrogens (primary N) is 1. The number of nitrogens with zero attached hydrogens (tertiary/aromatic N) is 1. The predicted molar refractivity (Wildman–Crippen MR) is 76.8 cm³/mol. The molecular weight excluding hydrogens is 276 g/mol. The number of carbonyl (C=O) groups is 1. The summed E-state index contributed by atoms with van der Waals surface area (Å²) in [5.74, 6) is -0.164. The van der Waals surface area contributed by atoms with Crippen LogP contribution in [-0.4, -0.2) is 32.3 Å². The van der Waals surface area contributed by atoms with Crippen molar-refractivity contribution in [2.45, 2.75) is 25.2 Å². The number of amides is 1. The van der Waals surface area contributed by atoms with Gasteiger partial charge in [0.05, 0.1) is 4.90 Å². The van der Waals surface area contributed by atoms with Crippen molar-refractivity contribution in [3.63, 3.8) is 0 Å². The lowest BCUT2D eigenvalue weighted by Gasteiger charge is -2.25. The van der Waals surface area contributed by atoms with Crippen LogP contribution >= 0.6 is 0 Å². The standard InChI is InChI=1S/C14H18N2O3S/c1-10-3-5-16(6-4-10)14(17)12-7-11(2)8-13(9-12)20(15,18)19/h3,7-9H,4-6H2,1-2H3,(H2,15,18,19). The molecule has 108 valence electrons. The maximum atomic E-state index is 12.4. The molecule has 5 nitrogen and oxygen atoms in total. The van der Waals surface area contributed by atoms with Crippen LogP contribution in [0.3, 0.4) is 0 Å². The summed E-state index contributed by atoms with van der Waals surface area (Å²) in [5.41, 5.74) is 2.33. The molecule has 0 unspecified atom stereocenters. The third kappa shape index (κ3) is 3.26. The van der Waals surface area contributed by atoms with Gasteiger partial charge in [0.25, 0.3) is 5.91 Å². The fourth-order valence-electron chi connectivity index (χ4n) is 2.17. The van der Waals surface area contributed by atoms with E-state index in [0.29, 0.717) is 24.2 Å². The van der Waals surface area contributed by atoms with Gasteiger partial charge in [-0.05, 0) is 44.0 Å². The van der Waals surface area contributed by atoms with E-state index in [2.05, 4.69) is 0 Å². The second-order valence-electron chi connectivity index (χ2n) is 5.13. The summed E-state index contributed by atoms with van der Waals surface area (Å²) in [6, 6.07) is 4.49. The highest BCUT2D eigenvalue weighted by Gasteiger charge is 2.20. The van der Waals surface area contributed by atoms with Crippen molar-refractivity contribution in [1.82, 2.24) is 4.90 Å². The molecule has 0 aliphatic carbocycles. The molecule has 1 aromatic carbocycles. The molecule has 1 aromatic rings. The van der Waals surface area contributed by atoms with E-state index in [4.69, 9.17) is 5.14 Å². The van der Waals surface area contributed by atoms with Crippen molar-refractivity contribution < 1.29 is 13.2 Å². The summed E-state index contributed by atoms with van der Waals surface area (Å²) in [5, 5.41) is 5.13. The summed E-state index contributed by atoms with van der Waals surface area (Å²) in [6.07, 6.45) is 2.86. The Hall–Kier alpha value is -1.66. The lowest BCUT2D eigenvalue weighted by molar-refractivity contribution is 0.0768. The quantitative estimate of drug-likeness (QED) is 0.838. The Morgan fingerprint density at radius 3 is 2.50 bits per heavy atom. The molecule has 2 rings (SSSR count). The monoisotopic (exact) mass is 294 g/mol. The minimum absolute atomic E-state index is 0.0235. The molecule has 0 atom stereocenters. The fourth-order valence-corrected chi connectivity index (χ4v) is 2.81. The Bertz CT molecular complexity index is 678. The molecule has 1 aliphatic heterocycles. The minimum atomic E-state index is -3.80. The molecule has 2 N–H and O–H groups in total. The normalized spacial score (nSPS) is 15.9. The molecule has 0 saturated heterocycles. The predicted octanol–water partition coefficient (Wildman–Crippen LogP) is 1.43. The fraction of sp³-hybridized carbons (Fsp3) is 0.357. The van der Waals surface area contributed by atoms with Crippen molar-refractivity contribution in [3.05, 3.63) is 41.0 Å². The molecule has 1 aliphatic rings. The molecule has 0 spiro atoms.